The van der Waals surface area contributed by atoms with Crippen LogP contribution in [0.3, 0.4) is 0 Å². The zero-order valence-electron chi connectivity index (χ0n) is 15.9. The van der Waals surface area contributed by atoms with E-state index < -0.39 is 0 Å². The first-order chi connectivity index (χ1) is 12.0. The SMILES string of the molecule is C=C1CCC2CC(C3(C)Cc4conc4CC3CO)CCC12C.CO. The summed E-state index contributed by atoms with van der Waals surface area (Å²) in [6.45, 7) is 9.46. The van der Waals surface area contributed by atoms with Gasteiger partial charge in [0, 0.05) is 19.3 Å². The molecule has 3 aliphatic rings. The van der Waals surface area contributed by atoms with Crippen LogP contribution in [0.2, 0.25) is 0 Å². The Hall–Kier alpha value is -1.13. The second kappa shape index (κ2) is 6.88. The standard InChI is InChI=1S/C20H29NO2.CH4O/c1-13-4-5-15-8-16(6-7-19(13,15)2)20(3)10-14-12-23-21-18(14)9-17(20)11-22;1-2/h12,15-17,22H,1,4-11H2,2-3H3;2H,1H3. The van der Waals surface area contributed by atoms with Crippen molar-refractivity contribution in [3.05, 3.63) is 29.7 Å². The van der Waals surface area contributed by atoms with Gasteiger partial charge in [-0.15, -0.1) is 0 Å². The highest BCUT2D eigenvalue weighted by Crippen LogP contribution is 2.60. The van der Waals surface area contributed by atoms with Gasteiger partial charge >= 0.3 is 0 Å². The second-order valence-electron chi connectivity index (χ2n) is 8.78. The van der Waals surface area contributed by atoms with E-state index in [1.807, 2.05) is 6.26 Å². The van der Waals surface area contributed by atoms with Crippen LogP contribution >= 0.6 is 0 Å². The van der Waals surface area contributed by atoms with Gasteiger partial charge in [0.15, 0.2) is 0 Å². The fraction of sp³-hybridized carbons (Fsp3) is 0.762. The van der Waals surface area contributed by atoms with Crippen LogP contribution in [0.5, 0.6) is 0 Å². The van der Waals surface area contributed by atoms with Gasteiger partial charge in [0.1, 0.15) is 6.26 Å². The lowest BCUT2D eigenvalue weighted by atomic mass is 9.53. The highest BCUT2D eigenvalue weighted by Gasteiger charge is 2.52. The van der Waals surface area contributed by atoms with Crippen LogP contribution in [-0.4, -0.2) is 29.1 Å². The van der Waals surface area contributed by atoms with Gasteiger partial charge in [0.2, 0.25) is 0 Å². The van der Waals surface area contributed by atoms with Gasteiger partial charge < -0.3 is 14.7 Å². The largest absolute Gasteiger partial charge is 0.400 e. The third-order valence-corrected chi connectivity index (χ3v) is 7.91. The maximum atomic E-state index is 10.0. The third kappa shape index (κ3) is 2.87. The summed E-state index contributed by atoms with van der Waals surface area (Å²) < 4.78 is 5.20. The number of nitrogens with zero attached hydrogens (tertiary/aromatic N) is 1. The Kier molecular flexibility index (Phi) is 5.13. The van der Waals surface area contributed by atoms with Crippen molar-refractivity contribution >= 4 is 0 Å². The van der Waals surface area contributed by atoms with Crippen molar-refractivity contribution in [1.82, 2.24) is 5.16 Å². The van der Waals surface area contributed by atoms with E-state index in [2.05, 4.69) is 25.6 Å². The summed E-state index contributed by atoms with van der Waals surface area (Å²) >= 11 is 0. The van der Waals surface area contributed by atoms with Gasteiger partial charge in [-0.1, -0.05) is 31.2 Å². The molecule has 0 aliphatic heterocycles. The van der Waals surface area contributed by atoms with Crippen molar-refractivity contribution in [3.63, 3.8) is 0 Å². The minimum atomic E-state index is 0.165. The Bertz CT molecular complexity index is 624. The minimum absolute atomic E-state index is 0.165. The first-order valence-electron chi connectivity index (χ1n) is 9.63. The number of aliphatic hydroxyl groups is 2. The quantitative estimate of drug-likeness (QED) is 0.799. The minimum Gasteiger partial charge on any atom is -0.400 e. The lowest BCUT2D eigenvalue weighted by Gasteiger charge is -2.51. The molecule has 4 heteroatoms. The van der Waals surface area contributed by atoms with E-state index in [0.717, 1.165) is 31.6 Å². The normalized spacial score (nSPS) is 40.0. The predicted molar refractivity (Wildman–Crippen MR) is 98.0 cm³/mol. The van der Waals surface area contributed by atoms with Gasteiger partial charge in [0.05, 0.1) is 5.69 Å². The molecule has 4 nitrogen and oxygen atoms in total. The molecule has 3 aliphatic carbocycles. The molecule has 5 atom stereocenters. The molecule has 5 unspecified atom stereocenters. The molecule has 2 saturated carbocycles. The molecular weight excluding hydrogens is 314 g/mol. The van der Waals surface area contributed by atoms with Crippen molar-refractivity contribution in [2.45, 2.75) is 58.8 Å². The summed E-state index contributed by atoms with van der Waals surface area (Å²) in [4.78, 5) is 0. The Balaban J connectivity index is 0.000000880. The molecule has 2 N–H and O–H groups in total. The molecule has 4 rings (SSSR count). The number of aromatic nitrogens is 1. The van der Waals surface area contributed by atoms with Crippen molar-refractivity contribution in [2.75, 3.05) is 13.7 Å². The molecule has 2 fully saturated rings. The molecule has 1 heterocycles. The number of allylic oxidation sites excluding steroid dienone is 1. The van der Waals surface area contributed by atoms with E-state index in [1.165, 1.54) is 43.2 Å². The maximum absolute atomic E-state index is 10.0. The van der Waals surface area contributed by atoms with Crippen LogP contribution in [0.1, 0.15) is 57.2 Å². The van der Waals surface area contributed by atoms with E-state index in [1.54, 1.807) is 0 Å². The lowest BCUT2D eigenvalue weighted by Crippen LogP contribution is -2.47. The fourth-order valence-corrected chi connectivity index (χ4v) is 5.90. The zero-order valence-corrected chi connectivity index (χ0v) is 15.9. The molecule has 0 bridgehead atoms. The van der Waals surface area contributed by atoms with Gasteiger partial charge in [-0.25, -0.2) is 0 Å². The first kappa shape index (κ1) is 18.7. The van der Waals surface area contributed by atoms with Crippen LogP contribution < -0.4 is 0 Å². The summed E-state index contributed by atoms with van der Waals surface area (Å²) in [5, 5.41) is 21.2. The summed E-state index contributed by atoms with van der Waals surface area (Å²) in [5.41, 5.74) is 4.35. The highest BCUT2D eigenvalue weighted by molar-refractivity contribution is 5.24. The van der Waals surface area contributed by atoms with Crippen LogP contribution in [0, 0.1) is 28.6 Å². The van der Waals surface area contributed by atoms with Crippen molar-refractivity contribution in [1.29, 1.82) is 0 Å². The van der Waals surface area contributed by atoms with Crippen molar-refractivity contribution in [3.8, 4) is 0 Å². The molecule has 0 amide bonds. The van der Waals surface area contributed by atoms with Crippen LogP contribution in [0.15, 0.2) is 22.9 Å². The smallest absolute Gasteiger partial charge is 0.127 e. The Morgan fingerprint density at radius 1 is 1.28 bits per heavy atom. The third-order valence-electron chi connectivity index (χ3n) is 7.91. The Morgan fingerprint density at radius 2 is 2.04 bits per heavy atom. The summed E-state index contributed by atoms with van der Waals surface area (Å²) in [7, 11) is 1.00. The maximum Gasteiger partial charge on any atom is 0.127 e. The first-order valence-corrected chi connectivity index (χ1v) is 9.63. The molecule has 1 aromatic heterocycles. The summed E-state index contributed by atoms with van der Waals surface area (Å²) in [5.74, 6) is 1.78. The van der Waals surface area contributed by atoms with Crippen LogP contribution in [0.25, 0.3) is 0 Å². The average molecular weight is 347 g/mol. The average Bonchev–Trinajstić information content (AvgIpc) is 3.19. The summed E-state index contributed by atoms with van der Waals surface area (Å²) in [6, 6.07) is 0. The molecule has 140 valence electrons. The van der Waals surface area contributed by atoms with E-state index in [-0.39, 0.29) is 12.0 Å². The lowest BCUT2D eigenvalue weighted by molar-refractivity contribution is -0.0130. The fourth-order valence-electron chi connectivity index (χ4n) is 5.90. The van der Waals surface area contributed by atoms with Crippen molar-refractivity contribution < 1.29 is 14.7 Å². The van der Waals surface area contributed by atoms with Crippen molar-refractivity contribution in [2.24, 2.45) is 28.6 Å². The number of aliphatic hydroxyl groups excluding tert-OH is 2. The zero-order chi connectivity index (χ0) is 18.2. The van der Waals surface area contributed by atoms with E-state index in [9.17, 15) is 5.11 Å². The molecule has 1 aromatic rings. The van der Waals surface area contributed by atoms with Crippen LogP contribution in [0.4, 0.5) is 0 Å². The number of rotatable bonds is 2. The molecule has 0 saturated heterocycles. The molecule has 0 aromatic carbocycles. The van der Waals surface area contributed by atoms with Gasteiger partial charge in [-0.2, -0.15) is 0 Å². The highest BCUT2D eigenvalue weighted by atomic mass is 16.5. The van der Waals surface area contributed by atoms with Gasteiger partial charge in [-0.3, -0.25) is 0 Å². The van der Waals surface area contributed by atoms with E-state index in [0.29, 0.717) is 17.3 Å². The van der Waals surface area contributed by atoms with Gasteiger partial charge in [-0.05, 0) is 73.5 Å². The number of hydrogen-bond acceptors (Lipinski definition) is 4. The summed E-state index contributed by atoms with van der Waals surface area (Å²) in [6.07, 6.45) is 10.0. The Morgan fingerprint density at radius 3 is 2.76 bits per heavy atom. The predicted octanol–water partition coefficient (Wildman–Crippen LogP) is 3.77. The number of fused-ring (bicyclic) bond motifs is 2. The number of hydrogen-bond donors (Lipinski definition) is 2. The van der Waals surface area contributed by atoms with Gasteiger partial charge in [0.25, 0.3) is 0 Å². The molecule has 0 spiro atoms. The Labute approximate surface area is 151 Å². The molecule has 25 heavy (non-hydrogen) atoms. The van der Waals surface area contributed by atoms with E-state index in [4.69, 9.17) is 9.63 Å². The monoisotopic (exact) mass is 347 g/mol. The van der Waals surface area contributed by atoms with Crippen LogP contribution in [-0.2, 0) is 12.8 Å². The second-order valence-corrected chi connectivity index (χ2v) is 8.78. The van der Waals surface area contributed by atoms with E-state index >= 15 is 0 Å². The molecular formula is C21H33NO3. The molecule has 0 radical (unpaired) electrons. The topological polar surface area (TPSA) is 66.5 Å².